The predicted octanol–water partition coefficient (Wildman–Crippen LogP) is 6.61. The largest absolute Gasteiger partial charge is 0.476 e. The Hall–Kier alpha value is -7.50. The third-order valence-corrected chi connectivity index (χ3v) is 14.8. The van der Waals surface area contributed by atoms with Gasteiger partial charge in [0, 0.05) is 79.4 Å². The van der Waals surface area contributed by atoms with Gasteiger partial charge in [0.2, 0.25) is 5.91 Å². The number of rotatable bonds is 18. The molecule has 9 rings (SSSR count). The van der Waals surface area contributed by atoms with E-state index in [0.29, 0.717) is 53.2 Å². The summed E-state index contributed by atoms with van der Waals surface area (Å²) in [5.74, 6) is -4.62. The van der Waals surface area contributed by atoms with E-state index in [1.807, 2.05) is 32.9 Å². The highest BCUT2D eigenvalue weighted by molar-refractivity contribution is 7.89. The van der Waals surface area contributed by atoms with Crippen molar-refractivity contribution in [1.82, 2.24) is 40.4 Å². The number of amides is 3. The number of halogens is 2. The van der Waals surface area contributed by atoms with Gasteiger partial charge in [-0.2, -0.15) is 5.48 Å². The van der Waals surface area contributed by atoms with E-state index in [0.717, 1.165) is 28.6 Å². The van der Waals surface area contributed by atoms with Crippen molar-refractivity contribution in [2.75, 3.05) is 30.9 Å². The quantitative estimate of drug-likeness (QED) is 0.0522. The number of carbonyl (C=O) groups excluding carboxylic acids is 3. The highest BCUT2D eigenvalue weighted by atomic mass is 32.2. The Balaban J connectivity index is 0.817. The first-order valence-corrected chi connectivity index (χ1v) is 26.8. The van der Waals surface area contributed by atoms with Crippen molar-refractivity contribution >= 4 is 61.3 Å². The zero-order chi connectivity index (χ0) is 52.6. The number of H-pyrrole nitrogens is 1. The lowest BCUT2D eigenvalue weighted by atomic mass is 9.91. The minimum atomic E-state index is -3.70. The van der Waals surface area contributed by atoms with Crippen molar-refractivity contribution in [2.45, 2.75) is 76.8 Å². The van der Waals surface area contributed by atoms with E-state index >= 15 is 4.39 Å². The summed E-state index contributed by atoms with van der Waals surface area (Å²) in [5, 5.41) is 18.0. The molecule has 0 radical (unpaired) electrons. The molecule has 19 nitrogen and oxygen atoms in total. The molecule has 1 saturated heterocycles. The number of aliphatic hydroxyl groups excluding tert-OH is 1. The summed E-state index contributed by atoms with van der Waals surface area (Å²) in [4.78, 5) is 75.5. The Kier molecular flexibility index (Phi) is 14.7. The number of benzene rings is 2. The van der Waals surface area contributed by atoms with Crippen LogP contribution in [0.3, 0.4) is 0 Å². The number of nitrogens with one attached hydrogen (secondary N) is 3. The highest BCUT2D eigenvalue weighted by Crippen LogP contribution is 2.45. The van der Waals surface area contributed by atoms with Crippen molar-refractivity contribution < 1.29 is 50.8 Å². The number of unbranched alkanes of at least 4 members (excludes halogenated alkanes) is 2. The highest BCUT2D eigenvalue weighted by Gasteiger charge is 2.44. The number of pyridine rings is 2. The van der Waals surface area contributed by atoms with Crippen LogP contribution >= 0.6 is 11.3 Å². The first-order valence-electron chi connectivity index (χ1n) is 23.8. The van der Waals surface area contributed by atoms with Crippen LogP contribution in [0.2, 0.25) is 0 Å². The maximum Gasteiger partial charge on any atom is 0.275 e. The second-order valence-corrected chi connectivity index (χ2v) is 21.9. The van der Waals surface area contributed by atoms with Crippen LogP contribution in [-0.2, 0) is 38.8 Å². The van der Waals surface area contributed by atoms with Crippen LogP contribution in [0.4, 0.5) is 20.3 Å². The summed E-state index contributed by atoms with van der Waals surface area (Å²) < 4.78 is 68.2. The number of likely N-dealkylation sites (tertiary alicyclic amines) is 1. The average Bonchev–Trinajstić information content (AvgIpc) is 4.17. The molecule has 3 amide bonds. The van der Waals surface area contributed by atoms with Gasteiger partial charge in [-0.15, -0.1) is 11.3 Å². The van der Waals surface area contributed by atoms with E-state index in [-0.39, 0.29) is 83.9 Å². The normalized spacial score (nSPS) is 15.8. The van der Waals surface area contributed by atoms with E-state index in [1.165, 1.54) is 37.8 Å². The zero-order valence-corrected chi connectivity index (χ0v) is 42.6. The Morgan fingerprint density at radius 3 is 2.55 bits per heavy atom. The van der Waals surface area contributed by atoms with Crippen LogP contribution in [0, 0.1) is 24.5 Å². The van der Waals surface area contributed by atoms with E-state index in [1.54, 1.807) is 43.2 Å². The summed E-state index contributed by atoms with van der Waals surface area (Å²) >= 11 is 1.52. The standard InChI is InChI=1S/C51H53F2N9O10S2/c1-27(2)43(50(66)62-23-33(63)17-40(62)49(65)59-71-34-11-9-29(10-12-34)46-28(3)57-26-73-46)41-19-42(58-72-41)70-14-8-6-7-13-54-48(64)35-18-39-36(15-30(35)25-74(5,68)69)37-24-60(4)51(67)45-44(37)31(20-55-45)22-61(39)47-38(53)16-32(52)21-56-47/h9-12,15-16,18-21,24,26-27,33,40,43,55,63H,6-8,13-14,17,22-23,25H2,1-5H3,(H,54,64)(H,59,65). The van der Waals surface area contributed by atoms with E-state index in [2.05, 4.69) is 30.9 Å². The van der Waals surface area contributed by atoms with Gasteiger partial charge in [0.1, 0.15) is 23.3 Å². The number of thiazole rings is 1. The number of aliphatic hydroxyl groups is 1. The zero-order valence-electron chi connectivity index (χ0n) is 41.0. The van der Waals surface area contributed by atoms with E-state index < -0.39 is 63.0 Å². The third kappa shape index (κ3) is 10.8. The molecule has 7 aromatic rings. The van der Waals surface area contributed by atoms with Gasteiger partial charge in [-0.1, -0.05) is 13.8 Å². The van der Waals surface area contributed by atoms with Gasteiger partial charge in [0.15, 0.2) is 33.0 Å². The topological polar surface area (TPSA) is 244 Å². The number of hydrogen-bond acceptors (Lipinski definition) is 15. The molecule has 0 bridgehead atoms. The fourth-order valence-electron chi connectivity index (χ4n) is 9.51. The molecule has 0 spiro atoms. The first-order chi connectivity index (χ1) is 35.3. The molecule has 2 aliphatic rings. The molecule has 7 heterocycles. The number of fused-ring (bicyclic) bond motifs is 2. The summed E-state index contributed by atoms with van der Waals surface area (Å²) in [5.41, 5.74) is 8.04. The molecule has 0 saturated carbocycles. The van der Waals surface area contributed by atoms with Gasteiger partial charge >= 0.3 is 0 Å². The second kappa shape index (κ2) is 21.2. The van der Waals surface area contributed by atoms with Crippen molar-refractivity contribution in [2.24, 2.45) is 13.0 Å². The summed E-state index contributed by atoms with van der Waals surface area (Å²) in [7, 11) is -2.14. The van der Waals surface area contributed by atoms with E-state index in [9.17, 15) is 37.1 Å². The number of nitrogens with zero attached hydrogens (tertiary/aromatic N) is 6. The number of β-amino-alcohol motifs (C(OH)–C–C–N with tert-alkyl or cyclic N) is 1. The van der Waals surface area contributed by atoms with Crippen molar-refractivity contribution in [1.29, 1.82) is 0 Å². The Labute approximate surface area is 427 Å². The Morgan fingerprint density at radius 1 is 1.05 bits per heavy atom. The molecule has 23 heteroatoms. The van der Waals surface area contributed by atoms with Crippen LogP contribution in [-0.4, -0.2) is 98.9 Å². The van der Waals surface area contributed by atoms with Gasteiger partial charge in [0.05, 0.1) is 53.0 Å². The lowest BCUT2D eigenvalue weighted by molar-refractivity contribution is -0.143. The van der Waals surface area contributed by atoms with Crippen molar-refractivity contribution in [3.05, 3.63) is 123 Å². The maximum atomic E-state index is 15.6. The number of hydroxylamine groups is 1. The molecule has 3 unspecified atom stereocenters. The summed E-state index contributed by atoms with van der Waals surface area (Å²) in [6.45, 7) is 5.89. The van der Waals surface area contributed by atoms with Crippen LogP contribution in [0.15, 0.2) is 81.9 Å². The molecule has 4 N–H and O–H groups in total. The second-order valence-electron chi connectivity index (χ2n) is 18.9. The molecule has 1 fully saturated rings. The molecule has 0 aliphatic carbocycles. The number of anilines is 2. The predicted molar refractivity (Wildman–Crippen MR) is 270 cm³/mol. The fraction of sp³-hybridized carbons (Fsp3) is 0.353. The Bertz CT molecular complexity index is 3450. The molecule has 74 heavy (non-hydrogen) atoms. The maximum absolute atomic E-state index is 15.6. The Morgan fingerprint density at radius 2 is 1.84 bits per heavy atom. The molecular weight excluding hydrogens is 1000 g/mol. The summed E-state index contributed by atoms with van der Waals surface area (Å²) in [6, 6.07) is 11.4. The first kappa shape index (κ1) is 51.4. The van der Waals surface area contributed by atoms with Gasteiger partial charge < -0.3 is 43.9 Å². The summed E-state index contributed by atoms with van der Waals surface area (Å²) in [6.07, 6.45) is 5.83. The fourth-order valence-corrected chi connectivity index (χ4v) is 11.1. The van der Waals surface area contributed by atoms with Crippen LogP contribution < -0.4 is 30.8 Å². The van der Waals surface area contributed by atoms with Gasteiger partial charge in [0.25, 0.3) is 23.3 Å². The van der Waals surface area contributed by atoms with Gasteiger partial charge in [-0.05, 0) is 90.3 Å². The number of aromatic amines is 1. The molecule has 2 aromatic carbocycles. The smallest absolute Gasteiger partial charge is 0.275 e. The average molecular weight is 1050 g/mol. The number of aromatic nitrogens is 5. The monoisotopic (exact) mass is 1050 g/mol. The minimum absolute atomic E-state index is 0.0116. The number of hydrogen-bond donors (Lipinski definition) is 4. The van der Waals surface area contributed by atoms with Gasteiger partial charge in [-0.25, -0.2) is 27.2 Å². The van der Waals surface area contributed by atoms with Gasteiger partial charge in [-0.3, -0.25) is 19.2 Å². The van der Waals surface area contributed by atoms with Crippen LogP contribution in [0.1, 0.15) is 78.4 Å². The molecular formula is C51H53F2N9O10S2. The lowest BCUT2D eigenvalue weighted by Gasteiger charge is -2.28. The lowest BCUT2D eigenvalue weighted by Crippen LogP contribution is -2.48. The van der Waals surface area contributed by atoms with Crippen molar-refractivity contribution in [3.8, 4) is 33.2 Å². The molecule has 3 atom stereocenters. The number of carbonyl (C=O) groups is 3. The number of ether oxygens (including phenoxy) is 1. The van der Waals surface area contributed by atoms with E-state index in [4.69, 9.17) is 14.1 Å². The third-order valence-electron chi connectivity index (χ3n) is 13.0. The molecule has 5 aromatic heterocycles. The minimum Gasteiger partial charge on any atom is -0.476 e. The number of sulfone groups is 1. The molecule has 388 valence electrons. The number of aryl methyl sites for hydroxylation is 2. The van der Waals surface area contributed by atoms with Crippen molar-refractivity contribution in [3.63, 3.8) is 0 Å². The van der Waals surface area contributed by atoms with Crippen LogP contribution in [0.5, 0.6) is 11.6 Å². The molecule has 2 aliphatic heterocycles. The SMILES string of the molecule is Cc1ncsc1-c1ccc(ONC(=O)C2CC(O)CN2C(=O)C(c2cc(OCCCCCNC(=O)c3cc4c(cc3CS(C)(=O)=O)-c3cn(C)c(=O)c5[nH]cc(c35)CN4c3ncc(F)cc3F)no2)C(C)C)cc1. The van der Waals surface area contributed by atoms with Crippen LogP contribution in [0.25, 0.3) is 32.5 Å².